The number of rotatable bonds is 8. The van der Waals surface area contributed by atoms with Gasteiger partial charge < -0.3 is 14.8 Å². The number of pyridine rings is 1. The van der Waals surface area contributed by atoms with Gasteiger partial charge in [-0.15, -0.1) is 5.10 Å². The molecule has 2 aromatic carbocycles. The van der Waals surface area contributed by atoms with E-state index >= 15 is 0 Å². The molecular weight excluding hydrogens is 418 g/mol. The summed E-state index contributed by atoms with van der Waals surface area (Å²) in [5.74, 6) is 1.67. The van der Waals surface area contributed by atoms with E-state index in [1.54, 1.807) is 38.8 Å². The summed E-state index contributed by atoms with van der Waals surface area (Å²) in [5, 5.41) is 7.63. The largest absolute Gasteiger partial charge is 0.493 e. The van der Waals surface area contributed by atoms with Crippen LogP contribution >= 0.6 is 0 Å². The Balaban J connectivity index is 1.61. The van der Waals surface area contributed by atoms with Crippen LogP contribution in [0.2, 0.25) is 0 Å². The molecule has 166 valence electrons. The fourth-order valence-corrected chi connectivity index (χ4v) is 3.17. The second kappa shape index (κ2) is 10.2. The maximum atomic E-state index is 13.0. The number of aromatic nitrogens is 4. The monoisotopic (exact) mass is 441 g/mol. The molecule has 4 aromatic rings. The summed E-state index contributed by atoms with van der Waals surface area (Å²) in [6.45, 7) is 0.404. The van der Waals surface area contributed by atoms with Crippen molar-refractivity contribution < 1.29 is 14.3 Å². The Hall–Kier alpha value is -4.46. The number of carbonyl (C=O) groups excluding carboxylic acids is 1. The molecule has 0 aliphatic carbocycles. The third kappa shape index (κ3) is 5.24. The number of ether oxygens (including phenoxy) is 2. The van der Waals surface area contributed by atoms with E-state index < -0.39 is 0 Å². The first-order valence-corrected chi connectivity index (χ1v) is 10.3. The van der Waals surface area contributed by atoms with Crippen molar-refractivity contribution in [2.75, 3.05) is 19.5 Å². The lowest BCUT2D eigenvalue weighted by Gasteiger charge is -2.10. The van der Waals surface area contributed by atoms with Gasteiger partial charge in [-0.3, -0.25) is 9.78 Å². The topological polar surface area (TPSA) is 91.2 Å². The standard InChI is InChI=1S/C25H23N5O3/c1-32-21-12-10-19(15-22(21)33-2)16-27-25-28-24(20-9-6-14-26-17-20)29-30(25)23(31)13-11-18-7-4-3-5-8-18/h3-15,17H,16H2,1-2H3,(H,27,28,29)/b13-11+. The Morgan fingerprint density at radius 3 is 2.58 bits per heavy atom. The molecule has 0 radical (unpaired) electrons. The van der Waals surface area contributed by atoms with E-state index in [2.05, 4.69) is 20.4 Å². The first-order valence-electron chi connectivity index (χ1n) is 10.3. The maximum Gasteiger partial charge on any atom is 0.274 e. The SMILES string of the molecule is COc1ccc(CNc2nc(-c3cccnc3)nn2C(=O)/C=C/c2ccccc2)cc1OC. The van der Waals surface area contributed by atoms with Gasteiger partial charge in [0.1, 0.15) is 0 Å². The molecule has 0 spiro atoms. The highest BCUT2D eigenvalue weighted by Gasteiger charge is 2.16. The number of carbonyl (C=O) groups is 1. The summed E-state index contributed by atoms with van der Waals surface area (Å²) < 4.78 is 11.9. The van der Waals surface area contributed by atoms with Crippen LogP contribution in [-0.2, 0) is 6.54 Å². The van der Waals surface area contributed by atoms with E-state index in [4.69, 9.17) is 9.47 Å². The van der Waals surface area contributed by atoms with Crippen LogP contribution in [0.15, 0.2) is 79.1 Å². The summed E-state index contributed by atoms with van der Waals surface area (Å²) in [5.41, 5.74) is 2.56. The molecule has 8 nitrogen and oxygen atoms in total. The number of nitrogens with one attached hydrogen (secondary N) is 1. The van der Waals surface area contributed by atoms with Crippen LogP contribution in [-0.4, -0.2) is 39.9 Å². The highest BCUT2D eigenvalue weighted by Crippen LogP contribution is 2.28. The number of hydrogen-bond donors (Lipinski definition) is 1. The van der Waals surface area contributed by atoms with Crippen molar-refractivity contribution in [2.45, 2.75) is 6.54 Å². The van der Waals surface area contributed by atoms with E-state index in [0.29, 0.717) is 35.4 Å². The summed E-state index contributed by atoms with van der Waals surface area (Å²) in [7, 11) is 3.18. The van der Waals surface area contributed by atoms with E-state index in [1.807, 2.05) is 54.6 Å². The number of anilines is 1. The summed E-state index contributed by atoms with van der Waals surface area (Å²) >= 11 is 0. The lowest BCUT2D eigenvalue weighted by atomic mass is 10.2. The Bertz CT molecular complexity index is 1250. The minimum absolute atomic E-state index is 0.323. The number of benzene rings is 2. The molecule has 0 saturated carbocycles. The van der Waals surface area contributed by atoms with Gasteiger partial charge in [0.25, 0.3) is 5.91 Å². The van der Waals surface area contributed by atoms with Gasteiger partial charge in [0.05, 0.1) is 14.2 Å². The first kappa shape index (κ1) is 21.8. The number of methoxy groups -OCH3 is 2. The van der Waals surface area contributed by atoms with Crippen LogP contribution in [0, 0.1) is 0 Å². The quantitative estimate of drug-likeness (QED) is 0.407. The molecule has 0 unspecified atom stereocenters. The molecule has 0 bridgehead atoms. The van der Waals surface area contributed by atoms with Gasteiger partial charge in [-0.2, -0.15) is 9.67 Å². The molecule has 2 aromatic heterocycles. The fraction of sp³-hybridized carbons (Fsp3) is 0.120. The van der Waals surface area contributed by atoms with Crippen molar-refractivity contribution in [3.05, 3.63) is 90.3 Å². The average molecular weight is 441 g/mol. The van der Waals surface area contributed by atoms with E-state index in [-0.39, 0.29) is 5.91 Å². The third-order valence-corrected chi connectivity index (χ3v) is 4.85. The molecule has 0 fully saturated rings. The Kier molecular flexibility index (Phi) is 6.75. The Morgan fingerprint density at radius 2 is 1.85 bits per heavy atom. The molecule has 8 heteroatoms. The van der Waals surface area contributed by atoms with Gasteiger partial charge in [-0.1, -0.05) is 36.4 Å². The zero-order valence-electron chi connectivity index (χ0n) is 18.3. The van der Waals surface area contributed by atoms with Crippen LogP contribution < -0.4 is 14.8 Å². The van der Waals surface area contributed by atoms with Crippen molar-refractivity contribution in [1.82, 2.24) is 19.7 Å². The lowest BCUT2D eigenvalue weighted by molar-refractivity contribution is 0.0957. The molecule has 2 heterocycles. The number of nitrogens with zero attached hydrogens (tertiary/aromatic N) is 4. The minimum atomic E-state index is -0.323. The molecule has 0 aliphatic rings. The van der Waals surface area contributed by atoms with Gasteiger partial charge in [-0.25, -0.2) is 0 Å². The summed E-state index contributed by atoms with van der Waals surface area (Å²) in [4.78, 5) is 21.6. The predicted octanol–water partition coefficient (Wildman–Crippen LogP) is 4.32. The summed E-state index contributed by atoms with van der Waals surface area (Å²) in [6.07, 6.45) is 6.54. The highest BCUT2D eigenvalue weighted by atomic mass is 16.5. The Labute approximate surface area is 191 Å². The minimum Gasteiger partial charge on any atom is -0.493 e. The zero-order chi connectivity index (χ0) is 23.0. The first-order chi connectivity index (χ1) is 16.2. The molecule has 0 amide bonds. The molecule has 0 aliphatic heterocycles. The second-order valence-corrected chi connectivity index (χ2v) is 7.04. The molecule has 0 atom stereocenters. The van der Waals surface area contributed by atoms with Gasteiger partial charge >= 0.3 is 0 Å². The van der Waals surface area contributed by atoms with Crippen LogP contribution in [0.1, 0.15) is 15.9 Å². The van der Waals surface area contributed by atoms with Gasteiger partial charge in [-0.05, 0) is 41.5 Å². The molecule has 33 heavy (non-hydrogen) atoms. The lowest BCUT2D eigenvalue weighted by Crippen LogP contribution is -2.14. The van der Waals surface area contributed by atoms with Crippen LogP contribution in [0.5, 0.6) is 11.5 Å². The predicted molar refractivity (Wildman–Crippen MR) is 126 cm³/mol. The van der Waals surface area contributed by atoms with Crippen molar-refractivity contribution in [1.29, 1.82) is 0 Å². The van der Waals surface area contributed by atoms with Crippen LogP contribution in [0.4, 0.5) is 5.95 Å². The molecule has 1 N–H and O–H groups in total. The van der Waals surface area contributed by atoms with E-state index in [1.165, 1.54) is 10.8 Å². The third-order valence-electron chi connectivity index (χ3n) is 4.85. The van der Waals surface area contributed by atoms with E-state index in [0.717, 1.165) is 11.1 Å². The van der Waals surface area contributed by atoms with Gasteiger partial charge in [0.15, 0.2) is 17.3 Å². The van der Waals surface area contributed by atoms with Crippen LogP contribution in [0.3, 0.4) is 0 Å². The number of allylic oxidation sites excluding steroid dienone is 1. The molecular formula is C25H23N5O3. The maximum absolute atomic E-state index is 13.0. The smallest absolute Gasteiger partial charge is 0.274 e. The normalized spacial score (nSPS) is 10.8. The summed E-state index contributed by atoms with van der Waals surface area (Å²) in [6, 6.07) is 18.8. The van der Waals surface area contributed by atoms with Gasteiger partial charge in [0, 0.05) is 30.6 Å². The molecule has 0 saturated heterocycles. The van der Waals surface area contributed by atoms with Gasteiger partial charge in [0.2, 0.25) is 5.95 Å². The number of hydrogen-bond acceptors (Lipinski definition) is 7. The van der Waals surface area contributed by atoms with Crippen molar-refractivity contribution in [3.8, 4) is 22.9 Å². The van der Waals surface area contributed by atoms with Crippen molar-refractivity contribution in [2.24, 2.45) is 0 Å². The fourth-order valence-electron chi connectivity index (χ4n) is 3.17. The molecule has 4 rings (SSSR count). The zero-order valence-corrected chi connectivity index (χ0v) is 18.3. The van der Waals surface area contributed by atoms with Crippen molar-refractivity contribution in [3.63, 3.8) is 0 Å². The highest BCUT2D eigenvalue weighted by molar-refractivity contribution is 5.94. The van der Waals surface area contributed by atoms with Crippen molar-refractivity contribution >= 4 is 17.9 Å². The van der Waals surface area contributed by atoms with E-state index in [9.17, 15) is 4.79 Å². The van der Waals surface area contributed by atoms with Crippen LogP contribution in [0.25, 0.3) is 17.5 Å². The second-order valence-electron chi connectivity index (χ2n) is 7.04. The average Bonchev–Trinajstić information content (AvgIpc) is 3.31. The Morgan fingerprint density at radius 1 is 1.03 bits per heavy atom.